The molecular weight excluding hydrogens is 462 g/mol. The van der Waals surface area contributed by atoms with Crippen molar-refractivity contribution in [1.29, 1.82) is 0 Å². The van der Waals surface area contributed by atoms with E-state index >= 15 is 0 Å². The number of ether oxygens (including phenoxy) is 2. The highest BCUT2D eigenvalue weighted by Gasteiger charge is 2.21. The van der Waals surface area contributed by atoms with E-state index in [0.717, 1.165) is 29.0 Å². The first-order valence-electron chi connectivity index (χ1n) is 11.6. The monoisotopic (exact) mass is 486 g/mol. The Balaban J connectivity index is 1.55. The zero-order valence-electron chi connectivity index (χ0n) is 20.2. The fraction of sp³-hybridized carbons (Fsp3) is 0.167. The number of aryl methyl sites for hydroxylation is 3. The molecule has 0 aromatic heterocycles. The average Bonchev–Trinajstić information content (AvgIpc) is 2.85. The number of para-hydroxylation sites is 1. The molecule has 6 heteroatoms. The van der Waals surface area contributed by atoms with Crippen molar-refractivity contribution in [2.24, 2.45) is 0 Å². The van der Waals surface area contributed by atoms with Crippen LogP contribution in [0.4, 0.5) is 8.78 Å². The number of hydrogen-bond acceptors (Lipinski definition) is 4. The molecule has 1 heterocycles. The molecule has 1 aliphatic carbocycles. The second-order valence-electron chi connectivity index (χ2n) is 8.80. The highest BCUT2D eigenvalue weighted by Crippen LogP contribution is 2.42. The van der Waals surface area contributed by atoms with Gasteiger partial charge in [-0.25, -0.2) is 8.78 Å². The van der Waals surface area contributed by atoms with Crippen molar-refractivity contribution in [2.45, 2.75) is 20.8 Å². The van der Waals surface area contributed by atoms with Crippen LogP contribution in [0.1, 0.15) is 16.7 Å². The maximum atomic E-state index is 14.6. The Labute approximate surface area is 207 Å². The van der Waals surface area contributed by atoms with Crippen LogP contribution >= 0.6 is 0 Å². The lowest BCUT2D eigenvalue weighted by molar-refractivity contribution is 0.215. The van der Waals surface area contributed by atoms with Crippen molar-refractivity contribution in [3.63, 3.8) is 0 Å². The van der Waals surface area contributed by atoms with Gasteiger partial charge in [-0.15, -0.1) is 0 Å². The van der Waals surface area contributed by atoms with Gasteiger partial charge in [-0.1, -0.05) is 30.3 Å². The molecule has 0 bridgehead atoms. The average molecular weight is 487 g/mol. The van der Waals surface area contributed by atoms with Crippen molar-refractivity contribution in [2.75, 3.05) is 13.2 Å². The molecule has 0 radical (unpaired) electrons. The smallest absolute Gasteiger partial charge is 0.217 e. The lowest BCUT2D eigenvalue weighted by Gasteiger charge is -2.17. The Morgan fingerprint density at radius 2 is 1.47 bits per heavy atom. The van der Waals surface area contributed by atoms with Gasteiger partial charge in [0, 0.05) is 22.6 Å². The Morgan fingerprint density at radius 3 is 2.25 bits per heavy atom. The first kappa shape index (κ1) is 23.5. The molecule has 0 amide bonds. The molecular formula is C30H24F2O4. The highest BCUT2D eigenvalue weighted by atomic mass is 19.1. The van der Waals surface area contributed by atoms with E-state index in [1.165, 1.54) is 6.07 Å². The van der Waals surface area contributed by atoms with Gasteiger partial charge in [0.05, 0.1) is 0 Å². The normalized spacial score (nSPS) is 11.2. The third-order valence-electron chi connectivity index (χ3n) is 6.22. The van der Waals surface area contributed by atoms with Crippen LogP contribution in [-0.4, -0.2) is 13.2 Å². The number of fused-ring (bicyclic) bond motifs is 2. The molecule has 0 fully saturated rings. The van der Waals surface area contributed by atoms with Gasteiger partial charge in [0.2, 0.25) is 5.43 Å². The lowest BCUT2D eigenvalue weighted by Crippen LogP contribution is -2.10. The summed E-state index contributed by atoms with van der Waals surface area (Å²) in [6.45, 7) is 6.20. The van der Waals surface area contributed by atoms with Gasteiger partial charge in [-0.05, 0) is 73.4 Å². The maximum Gasteiger partial charge on any atom is 0.217 e. The number of halogens is 2. The highest BCUT2D eigenvalue weighted by molar-refractivity contribution is 6.02. The lowest BCUT2D eigenvalue weighted by atomic mass is 9.92. The van der Waals surface area contributed by atoms with Crippen molar-refractivity contribution >= 4 is 11.0 Å². The Kier molecular flexibility index (Phi) is 6.18. The molecule has 0 saturated carbocycles. The second-order valence-corrected chi connectivity index (χ2v) is 8.80. The van der Waals surface area contributed by atoms with E-state index in [1.807, 2.05) is 56.3 Å². The minimum Gasteiger partial charge on any atom is -0.490 e. The topological polar surface area (TPSA) is 48.7 Å². The molecule has 5 rings (SSSR count). The second kappa shape index (κ2) is 9.46. The Morgan fingerprint density at radius 1 is 0.750 bits per heavy atom. The van der Waals surface area contributed by atoms with Gasteiger partial charge in [-0.3, -0.25) is 4.79 Å². The fourth-order valence-electron chi connectivity index (χ4n) is 4.26. The molecule has 0 atom stereocenters. The summed E-state index contributed by atoms with van der Waals surface area (Å²) in [5, 5.41) is 0.473. The van der Waals surface area contributed by atoms with E-state index in [9.17, 15) is 13.6 Å². The van der Waals surface area contributed by atoms with E-state index in [1.54, 1.807) is 13.0 Å². The van der Waals surface area contributed by atoms with Crippen LogP contribution in [0.3, 0.4) is 0 Å². The van der Waals surface area contributed by atoms with Crippen LogP contribution in [0.15, 0.2) is 75.9 Å². The van der Waals surface area contributed by atoms with Crippen LogP contribution in [-0.2, 0) is 0 Å². The maximum absolute atomic E-state index is 14.6. The molecule has 0 saturated heterocycles. The molecule has 3 aromatic rings. The van der Waals surface area contributed by atoms with Crippen LogP contribution in [0.5, 0.6) is 11.5 Å². The Hall–Kier alpha value is -4.19. The van der Waals surface area contributed by atoms with Gasteiger partial charge in [0.25, 0.3) is 0 Å². The van der Waals surface area contributed by atoms with E-state index in [4.69, 9.17) is 13.9 Å². The first-order valence-corrected chi connectivity index (χ1v) is 11.6. The largest absolute Gasteiger partial charge is 0.490 e. The van der Waals surface area contributed by atoms with Gasteiger partial charge in [0.1, 0.15) is 41.9 Å². The summed E-state index contributed by atoms with van der Waals surface area (Å²) in [6.07, 6.45) is 0. The summed E-state index contributed by atoms with van der Waals surface area (Å²) in [5.41, 5.74) is 3.60. The van der Waals surface area contributed by atoms with E-state index in [0.29, 0.717) is 52.2 Å². The van der Waals surface area contributed by atoms with Crippen LogP contribution < -0.4 is 14.9 Å². The first-order chi connectivity index (χ1) is 17.3. The predicted octanol–water partition coefficient (Wildman–Crippen LogP) is 7.23. The van der Waals surface area contributed by atoms with E-state index in [2.05, 4.69) is 0 Å². The third-order valence-corrected chi connectivity index (χ3v) is 6.22. The summed E-state index contributed by atoms with van der Waals surface area (Å²) < 4.78 is 46.7. The van der Waals surface area contributed by atoms with E-state index < -0.39 is 17.1 Å². The van der Waals surface area contributed by atoms with Crippen LogP contribution in [0.2, 0.25) is 0 Å². The summed E-state index contributed by atoms with van der Waals surface area (Å²) in [7, 11) is 0. The SMILES string of the molecule is Cc1cc2oc3cc(=O)c(F)cc-3c(-c3ccc(C)c(OCCOc4ccccc4C)c3)c2cc1F. The van der Waals surface area contributed by atoms with E-state index in [-0.39, 0.29) is 5.76 Å². The van der Waals surface area contributed by atoms with Gasteiger partial charge in [-0.2, -0.15) is 0 Å². The molecule has 2 aliphatic rings. The fourth-order valence-corrected chi connectivity index (χ4v) is 4.26. The molecule has 4 nitrogen and oxygen atoms in total. The van der Waals surface area contributed by atoms with Crippen molar-refractivity contribution in [3.05, 3.63) is 105 Å². The van der Waals surface area contributed by atoms with Gasteiger partial charge < -0.3 is 13.9 Å². The number of benzene rings is 4. The van der Waals surface area contributed by atoms with Crippen LogP contribution in [0, 0.1) is 32.4 Å². The predicted molar refractivity (Wildman–Crippen MR) is 136 cm³/mol. The van der Waals surface area contributed by atoms with Crippen molar-refractivity contribution < 1.29 is 22.7 Å². The molecule has 0 unspecified atom stereocenters. The van der Waals surface area contributed by atoms with Crippen molar-refractivity contribution in [1.82, 2.24) is 0 Å². The van der Waals surface area contributed by atoms with Crippen LogP contribution in [0.25, 0.3) is 33.4 Å². The molecule has 0 spiro atoms. The zero-order chi connectivity index (χ0) is 25.4. The molecule has 182 valence electrons. The quantitative estimate of drug-likeness (QED) is 0.188. The zero-order valence-corrected chi connectivity index (χ0v) is 20.2. The minimum atomic E-state index is -0.900. The number of rotatable bonds is 6. The standard InChI is InChI=1S/C30H24F2O4/c1-17-6-4-5-7-26(17)34-10-11-35-27-13-20(9-8-18(27)2)30-21-14-23(31)19(3)12-28(21)36-29-16-25(33)24(32)15-22(29)30/h4-9,12-16H,10-11H2,1-3H3. The third kappa shape index (κ3) is 4.42. The van der Waals surface area contributed by atoms with Gasteiger partial charge in [0.15, 0.2) is 5.82 Å². The van der Waals surface area contributed by atoms with Crippen molar-refractivity contribution in [3.8, 4) is 33.9 Å². The minimum absolute atomic E-state index is 0.226. The van der Waals surface area contributed by atoms with Gasteiger partial charge >= 0.3 is 0 Å². The molecule has 1 aliphatic heterocycles. The summed E-state index contributed by atoms with van der Waals surface area (Å²) in [4.78, 5) is 12.0. The molecule has 3 aromatic carbocycles. The molecule has 0 N–H and O–H groups in total. The summed E-state index contributed by atoms with van der Waals surface area (Å²) in [6, 6.07) is 18.6. The number of hydrogen-bond donors (Lipinski definition) is 0. The summed E-state index contributed by atoms with van der Waals surface area (Å²) in [5.74, 6) is 0.342. The molecule has 36 heavy (non-hydrogen) atoms. The summed E-state index contributed by atoms with van der Waals surface area (Å²) >= 11 is 0. The Bertz CT molecular complexity index is 1620.